The molecule has 0 bridgehead atoms. The van der Waals surface area contributed by atoms with E-state index < -0.39 is 0 Å². The minimum atomic E-state index is -0.167. The summed E-state index contributed by atoms with van der Waals surface area (Å²) in [4.78, 5) is 28.5. The second-order valence-electron chi connectivity index (χ2n) is 10.0. The van der Waals surface area contributed by atoms with Gasteiger partial charge in [-0.05, 0) is 71.7 Å². The predicted molar refractivity (Wildman–Crippen MR) is 139 cm³/mol. The topological polar surface area (TPSA) is 63.6 Å². The molecule has 0 unspecified atom stereocenters. The Balaban J connectivity index is 1.46. The van der Waals surface area contributed by atoms with Gasteiger partial charge in [0.05, 0.1) is 12.5 Å². The van der Waals surface area contributed by atoms with Gasteiger partial charge in [-0.3, -0.25) is 9.59 Å². The average molecular weight is 474 g/mol. The second kappa shape index (κ2) is 10.3. The Morgan fingerprint density at radius 1 is 1.14 bits per heavy atom. The standard InChI is InChI=1S/C29H35N3O3/c1-31-13-10-22(17-28(31)33)26-9-12-30-18-27(26)29(34)32(24-7-8-24)19-23-16-20(11-14-35-2)15-21-5-3-4-6-25(21)23/h3-6,10,13,15-17,24,26-27,30H,7-9,11-12,14,18-19H2,1-2H3/t26-,27+/m1/s1. The molecule has 1 aliphatic carbocycles. The molecule has 2 aliphatic rings. The molecule has 2 aromatic carbocycles. The lowest BCUT2D eigenvalue weighted by Gasteiger charge is -2.36. The number of aromatic nitrogens is 1. The van der Waals surface area contributed by atoms with Crippen LogP contribution >= 0.6 is 0 Å². The summed E-state index contributed by atoms with van der Waals surface area (Å²) >= 11 is 0. The van der Waals surface area contributed by atoms with E-state index in [4.69, 9.17) is 4.74 Å². The lowest BCUT2D eigenvalue weighted by atomic mass is 9.80. The molecule has 1 saturated heterocycles. The number of hydrogen-bond acceptors (Lipinski definition) is 4. The summed E-state index contributed by atoms with van der Waals surface area (Å²) in [7, 11) is 3.49. The number of rotatable bonds is 8. The number of carbonyl (C=O) groups is 1. The normalized spacial score (nSPS) is 20.2. The van der Waals surface area contributed by atoms with Gasteiger partial charge in [0, 0.05) is 45.6 Å². The van der Waals surface area contributed by atoms with Gasteiger partial charge in [-0.2, -0.15) is 0 Å². The Bertz CT molecular complexity index is 1260. The van der Waals surface area contributed by atoms with Crippen molar-refractivity contribution in [2.45, 2.75) is 44.2 Å². The Morgan fingerprint density at radius 2 is 1.97 bits per heavy atom. The first-order chi connectivity index (χ1) is 17.0. The molecule has 5 rings (SSSR count). The van der Waals surface area contributed by atoms with Gasteiger partial charge in [0.15, 0.2) is 0 Å². The fraction of sp³-hybridized carbons (Fsp3) is 0.448. The highest BCUT2D eigenvalue weighted by Crippen LogP contribution is 2.36. The number of piperidine rings is 1. The van der Waals surface area contributed by atoms with Crippen molar-refractivity contribution in [3.63, 3.8) is 0 Å². The molecule has 1 aromatic heterocycles. The number of carbonyl (C=O) groups excluding carboxylic acids is 1. The highest BCUT2D eigenvalue weighted by Gasteiger charge is 2.40. The minimum absolute atomic E-state index is 0.0226. The van der Waals surface area contributed by atoms with Crippen molar-refractivity contribution in [1.82, 2.24) is 14.8 Å². The van der Waals surface area contributed by atoms with E-state index in [1.54, 1.807) is 24.8 Å². The Kier molecular flexibility index (Phi) is 7.02. The number of hydrogen-bond donors (Lipinski definition) is 1. The van der Waals surface area contributed by atoms with Crippen molar-refractivity contribution >= 4 is 16.7 Å². The molecular weight excluding hydrogens is 438 g/mol. The van der Waals surface area contributed by atoms with Crippen LogP contribution in [0.2, 0.25) is 0 Å². The molecule has 2 atom stereocenters. The van der Waals surface area contributed by atoms with Gasteiger partial charge in [0.25, 0.3) is 5.56 Å². The molecule has 6 nitrogen and oxygen atoms in total. The summed E-state index contributed by atoms with van der Waals surface area (Å²) < 4.78 is 6.90. The second-order valence-corrected chi connectivity index (χ2v) is 10.0. The summed E-state index contributed by atoms with van der Waals surface area (Å²) in [6, 6.07) is 16.9. The van der Waals surface area contributed by atoms with Crippen LogP contribution in [-0.2, 0) is 29.5 Å². The van der Waals surface area contributed by atoms with E-state index in [2.05, 4.69) is 46.6 Å². The van der Waals surface area contributed by atoms with E-state index in [0.29, 0.717) is 25.7 Å². The van der Waals surface area contributed by atoms with Crippen molar-refractivity contribution in [3.8, 4) is 0 Å². The van der Waals surface area contributed by atoms with Gasteiger partial charge in [0.2, 0.25) is 5.91 Å². The van der Waals surface area contributed by atoms with E-state index >= 15 is 0 Å². The van der Waals surface area contributed by atoms with Crippen LogP contribution in [-0.4, -0.2) is 48.2 Å². The maximum absolute atomic E-state index is 14.1. The predicted octanol–water partition coefficient (Wildman–Crippen LogP) is 3.61. The average Bonchev–Trinajstić information content (AvgIpc) is 3.72. The Labute approximate surface area is 206 Å². The monoisotopic (exact) mass is 473 g/mol. The van der Waals surface area contributed by atoms with Crippen LogP contribution in [0, 0.1) is 5.92 Å². The summed E-state index contributed by atoms with van der Waals surface area (Å²) in [5.74, 6) is 0.0971. The Morgan fingerprint density at radius 3 is 2.74 bits per heavy atom. The van der Waals surface area contributed by atoms with Gasteiger partial charge in [-0.1, -0.05) is 36.4 Å². The van der Waals surface area contributed by atoms with Crippen molar-refractivity contribution in [2.75, 3.05) is 26.8 Å². The van der Waals surface area contributed by atoms with Crippen LogP contribution in [0.15, 0.2) is 59.5 Å². The highest BCUT2D eigenvalue weighted by atomic mass is 16.5. The maximum Gasteiger partial charge on any atom is 0.250 e. The molecule has 2 heterocycles. The third kappa shape index (κ3) is 5.19. The third-order valence-corrected chi connectivity index (χ3v) is 7.57. The first-order valence-corrected chi connectivity index (χ1v) is 12.7. The van der Waals surface area contributed by atoms with Crippen LogP contribution in [0.25, 0.3) is 10.8 Å². The van der Waals surface area contributed by atoms with Crippen molar-refractivity contribution in [1.29, 1.82) is 0 Å². The number of nitrogens with one attached hydrogen (secondary N) is 1. The fourth-order valence-electron chi connectivity index (χ4n) is 5.43. The molecule has 0 spiro atoms. The first kappa shape index (κ1) is 23.8. The summed E-state index contributed by atoms with van der Waals surface area (Å²) in [6.07, 6.45) is 5.64. The summed E-state index contributed by atoms with van der Waals surface area (Å²) in [5, 5.41) is 5.85. The van der Waals surface area contributed by atoms with Crippen LogP contribution in [0.3, 0.4) is 0 Å². The van der Waals surface area contributed by atoms with Gasteiger partial charge >= 0.3 is 0 Å². The number of nitrogens with zero attached hydrogens (tertiary/aromatic N) is 2. The quantitative estimate of drug-likeness (QED) is 0.543. The summed E-state index contributed by atoms with van der Waals surface area (Å²) in [6.45, 7) is 2.80. The van der Waals surface area contributed by atoms with E-state index in [0.717, 1.165) is 37.8 Å². The molecular formula is C29H35N3O3. The lowest BCUT2D eigenvalue weighted by Crippen LogP contribution is -2.47. The SMILES string of the molecule is COCCc1cc(CN(C(=O)[C@H]2CNCC[C@@H]2c2ccn(C)c(=O)c2)C2CC2)c2ccccc2c1. The maximum atomic E-state index is 14.1. The molecule has 1 N–H and O–H groups in total. The first-order valence-electron chi connectivity index (χ1n) is 12.7. The van der Waals surface area contributed by atoms with Crippen molar-refractivity contribution in [2.24, 2.45) is 13.0 Å². The Hall–Kier alpha value is -2.96. The number of aryl methyl sites for hydroxylation is 1. The van der Waals surface area contributed by atoms with Crippen molar-refractivity contribution < 1.29 is 9.53 Å². The molecule has 3 aromatic rings. The lowest BCUT2D eigenvalue weighted by molar-refractivity contribution is -0.138. The number of benzene rings is 2. The zero-order valence-electron chi connectivity index (χ0n) is 20.7. The van der Waals surface area contributed by atoms with Crippen LogP contribution < -0.4 is 10.9 Å². The van der Waals surface area contributed by atoms with E-state index in [-0.39, 0.29) is 23.3 Å². The molecule has 0 radical (unpaired) electrons. The number of pyridine rings is 1. The highest BCUT2D eigenvalue weighted by molar-refractivity contribution is 5.87. The molecule has 1 aliphatic heterocycles. The van der Waals surface area contributed by atoms with Gasteiger partial charge in [-0.15, -0.1) is 0 Å². The smallest absolute Gasteiger partial charge is 0.250 e. The van der Waals surface area contributed by atoms with Gasteiger partial charge in [-0.25, -0.2) is 0 Å². The van der Waals surface area contributed by atoms with E-state index in [1.165, 1.54) is 21.9 Å². The molecule has 1 saturated carbocycles. The van der Waals surface area contributed by atoms with Gasteiger partial charge < -0.3 is 19.5 Å². The van der Waals surface area contributed by atoms with Crippen molar-refractivity contribution in [3.05, 3.63) is 81.8 Å². The number of methoxy groups -OCH3 is 1. The van der Waals surface area contributed by atoms with E-state index in [1.807, 2.05) is 12.3 Å². The van der Waals surface area contributed by atoms with E-state index in [9.17, 15) is 9.59 Å². The zero-order valence-corrected chi connectivity index (χ0v) is 20.7. The molecule has 2 fully saturated rings. The van der Waals surface area contributed by atoms with Gasteiger partial charge in [0.1, 0.15) is 0 Å². The van der Waals surface area contributed by atoms with Crippen LogP contribution in [0.5, 0.6) is 0 Å². The van der Waals surface area contributed by atoms with Crippen LogP contribution in [0.1, 0.15) is 41.9 Å². The third-order valence-electron chi connectivity index (χ3n) is 7.57. The molecule has 35 heavy (non-hydrogen) atoms. The molecule has 184 valence electrons. The molecule has 1 amide bonds. The largest absolute Gasteiger partial charge is 0.384 e. The minimum Gasteiger partial charge on any atom is -0.384 e. The summed E-state index contributed by atoms with van der Waals surface area (Å²) in [5.41, 5.74) is 3.39. The number of ether oxygens (including phenoxy) is 1. The fourth-order valence-corrected chi connectivity index (χ4v) is 5.43. The zero-order chi connectivity index (χ0) is 24.4. The van der Waals surface area contributed by atoms with Crippen LogP contribution in [0.4, 0.5) is 0 Å². The number of amides is 1. The molecule has 6 heteroatoms. The number of fused-ring (bicyclic) bond motifs is 1.